The molecule has 1 aliphatic rings. The number of benzene rings is 1. The minimum absolute atomic E-state index is 0.00368. The first-order chi connectivity index (χ1) is 16.8. The molecule has 0 spiro atoms. The molecule has 182 valence electrons. The average Bonchev–Trinajstić information content (AvgIpc) is 3.59. The Morgan fingerprint density at radius 2 is 2.03 bits per heavy atom. The molecule has 1 amide bonds. The Kier molecular flexibility index (Phi) is 5.96. The second-order valence-electron chi connectivity index (χ2n) is 9.94. The Bertz CT molecular complexity index is 1370. The number of nitrogens with zero attached hydrogens (tertiary/aromatic N) is 4. The van der Waals surface area contributed by atoms with E-state index in [2.05, 4.69) is 36.0 Å². The van der Waals surface area contributed by atoms with Crippen molar-refractivity contribution < 1.29 is 13.7 Å². The molecule has 10 heteroatoms. The van der Waals surface area contributed by atoms with Gasteiger partial charge in [-0.2, -0.15) is 10.1 Å². The van der Waals surface area contributed by atoms with Gasteiger partial charge in [0.15, 0.2) is 11.5 Å². The number of halogens is 1. The summed E-state index contributed by atoms with van der Waals surface area (Å²) in [5, 5.41) is 18.1. The van der Waals surface area contributed by atoms with Gasteiger partial charge < -0.3 is 15.2 Å². The summed E-state index contributed by atoms with van der Waals surface area (Å²) in [6.07, 6.45) is 6.32. The summed E-state index contributed by atoms with van der Waals surface area (Å²) in [7, 11) is 0. The van der Waals surface area contributed by atoms with Crippen LogP contribution in [0, 0.1) is 5.82 Å². The first-order valence-corrected chi connectivity index (χ1v) is 11.8. The Morgan fingerprint density at radius 1 is 1.23 bits per heavy atom. The van der Waals surface area contributed by atoms with Crippen molar-refractivity contribution in [3.63, 3.8) is 0 Å². The molecule has 0 saturated heterocycles. The van der Waals surface area contributed by atoms with Crippen LogP contribution in [0.25, 0.3) is 22.2 Å². The van der Waals surface area contributed by atoms with Crippen LogP contribution in [0.4, 0.5) is 10.2 Å². The van der Waals surface area contributed by atoms with E-state index in [1.54, 1.807) is 12.3 Å². The van der Waals surface area contributed by atoms with Crippen LogP contribution in [-0.4, -0.2) is 37.3 Å². The van der Waals surface area contributed by atoms with Crippen LogP contribution >= 0.6 is 0 Å². The van der Waals surface area contributed by atoms with Gasteiger partial charge in [-0.15, -0.1) is 0 Å². The standard InChI is InChI=1S/C25H28FN7O2/c1-25(2,3)24-30-22(33-35-24)23(34)28-13-15-9-8-14(12-18(15)26)17-10-11-27-20-19(17)21(32-31-20)29-16-6-4-5-7-16/h8-12,16H,4-7,13H2,1-3H3,(H,28,34)(H2,27,29,31,32). The second kappa shape index (κ2) is 9.09. The molecule has 1 aliphatic carbocycles. The van der Waals surface area contributed by atoms with E-state index in [0.29, 0.717) is 28.7 Å². The van der Waals surface area contributed by atoms with Crippen LogP contribution in [0.5, 0.6) is 0 Å². The summed E-state index contributed by atoms with van der Waals surface area (Å²) in [4.78, 5) is 20.9. The third-order valence-corrected chi connectivity index (χ3v) is 6.23. The highest BCUT2D eigenvalue weighted by Gasteiger charge is 2.24. The predicted molar refractivity (Wildman–Crippen MR) is 129 cm³/mol. The molecule has 3 N–H and O–H groups in total. The molecular formula is C25H28FN7O2. The lowest BCUT2D eigenvalue weighted by Crippen LogP contribution is -2.24. The first kappa shape index (κ1) is 22.9. The van der Waals surface area contributed by atoms with Crippen molar-refractivity contribution in [2.45, 2.75) is 64.5 Å². The predicted octanol–water partition coefficient (Wildman–Crippen LogP) is 4.73. The van der Waals surface area contributed by atoms with Crippen LogP contribution in [0.1, 0.15) is 68.5 Å². The molecule has 35 heavy (non-hydrogen) atoms. The quantitative estimate of drug-likeness (QED) is 0.367. The van der Waals surface area contributed by atoms with Gasteiger partial charge in [-0.3, -0.25) is 9.89 Å². The summed E-state index contributed by atoms with van der Waals surface area (Å²) >= 11 is 0. The van der Waals surface area contributed by atoms with Crippen molar-refractivity contribution in [1.82, 2.24) is 30.6 Å². The molecule has 0 bridgehead atoms. The number of aromatic nitrogens is 5. The van der Waals surface area contributed by atoms with E-state index in [4.69, 9.17) is 4.52 Å². The maximum atomic E-state index is 15.0. The maximum Gasteiger partial charge on any atom is 0.292 e. The Balaban J connectivity index is 1.34. The number of anilines is 1. The lowest BCUT2D eigenvalue weighted by atomic mass is 9.97. The number of hydrogen-bond acceptors (Lipinski definition) is 7. The van der Waals surface area contributed by atoms with Gasteiger partial charge in [0.2, 0.25) is 5.89 Å². The zero-order valence-electron chi connectivity index (χ0n) is 20.0. The molecule has 0 atom stereocenters. The van der Waals surface area contributed by atoms with E-state index in [0.717, 1.165) is 29.6 Å². The fourth-order valence-corrected chi connectivity index (χ4v) is 4.29. The summed E-state index contributed by atoms with van der Waals surface area (Å²) in [5.74, 6) is 0.0763. The van der Waals surface area contributed by atoms with Gasteiger partial charge in [-0.05, 0) is 36.1 Å². The summed E-state index contributed by atoms with van der Waals surface area (Å²) in [6.45, 7) is 5.73. The number of nitrogens with one attached hydrogen (secondary N) is 3. The largest absolute Gasteiger partial charge is 0.365 e. The number of H-pyrrole nitrogens is 1. The van der Waals surface area contributed by atoms with Crippen LogP contribution in [0.15, 0.2) is 35.0 Å². The third kappa shape index (κ3) is 4.73. The fourth-order valence-electron chi connectivity index (χ4n) is 4.29. The first-order valence-electron chi connectivity index (χ1n) is 11.8. The van der Waals surface area contributed by atoms with E-state index in [-0.39, 0.29) is 17.8 Å². The zero-order chi connectivity index (χ0) is 24.6. The van der Waals surface area contributed by atoms with Gasteiger partial charge in [-0.1, -0.05) is 50.9 Å². The van der Waals surface area contributed by atoms with E-state index in [1.807, 2.05) is 32.9 Å². The van der Waals surface area contributed by atoms with Crippen LogP contribution in [0.2, 0.25) is 0 Å². The van der Waals surface area contributed by atoms with E-state index in [9.17, 15) is 4.79 Å². The molecule has 0 unspecified atom stereocenters. The van der Waals surface area contributed by atoms with E-state index in [1.165, 1.54) is 18.9 Å². The SMILES string of the molecule is CC(C)(C)c1nc(C(=O)NCc2ccc(-c3ccnc4[nH]nc(NC5CCCC5)c34)cc2F)no1. The summed E-state index contributed by atoms with van der Waals surface area (Å²) in [5.41, 5.74) is 2.17. The van der Waals surface area contributed by atoms with Gasteiger partial charge in [0.05, 0.1) is 5.39 Å². The lowest BCUT2D eigenvalue weighted by molar-refractivity contribution is 0.0937. The minimum atomic E-state index is -0.524. The van der Waals surface area contributed by atoms with Gasteiger partial charge >= 0.3 is 0 Å². The molecule has 3 aromatic heterocycles. The monoisotopic (exact) mass is 477 g/mol. The molecule has 1 saturated carbocycles. The number of carbonyl (C=O) groups excluding carboxylic acids is 1. The number of rotatable bonds is 6. The number of carbonyl (C=O) groups is 1. The molecule has 9 nitrogen and oxygen atoms in total. The second-order valence-corrected chi connectivity index (χ2v) is 9.94. The molecular weight excluding hydrogens is 449 g/mol. The lowest BCUT2D eigenvalue weighted by Gasteiger charge is -2.13. The van der Waals surface area contributed by atoms with Crippen molar-refractivity contribution in [2.24, 2.45) is 0 Å². The van der Waals surface area contributed by atoms with Crippen molar-refractivity contribution in [3.8, 4) is 11.1 Å². The van der Waals surface area contributed by atoms with Crippen LogP contribution in [0.3, 0.4) is 0 Å². The van der Waals surface area contributed by atoms with Gasteiger partial charge in [0.1, 0.15) is 5.82 Å². The van der Waals surface area contributed by atoms with Gasteiger partial charge in [-0.25, -0.2) is 9.37 Å². The highest BCUT2D eigenvalue weighted by Crippen LogP contribution is 2.34. The summed E-state index contributed by atoms with van der Waals surface area (Å²) in [6, 6.07) is 7.21. The molecule has 0 aliphatic heterocycles. The van der Waals surface area contributed by atoms with Crippen LogP contribution in [-0.2, 0) is 12.0 Å². The Labute approximate surface area is 201 Å². The van der Waals surface area contributed by atoms with Crippen molar-refractivity contribution in [3.05, 3.63) is 53.6 Å². The highest BCUT2D eigenvalue weighted by atomic mass is 19.1. The smallest absolute Gasteiger partial charge is 0.292 e. The molecule has 1 aromatic carbocycles. The topological polar surface area (TPSA) is 122 Å². The number of amides is 1. The Hall–Kier alpha value is -3.82. The normalized spacial score (nSPS) is 14.5. The van der Waals surface area contributed by atoms with E-state index >= 15 is 4.39 Å². The van der Waals surface area contributed by atoms with Gasteiger partial charge in [0.25, 0.3) is 11.7 Å². The minimum Gasteiger partial charge on any atom is -0.365 e. The van der Waals surface area contributed by atoms with Gasteiger partial charge in [0, 0.05) is 29.8 Å². The molecule has 4 aromatic rings. The average molecular weight is 478 g/mol. The molecule has 5 rings (SSSR count). The molecule has 3 heterocycles. The van der Waals surface area contributed by atoms with Crippen molar-refractivity contribution in [1.29, 1.82) is 0 Å². The number of fused-ring (bicyclic) bond motifs is 1. The number of pyridine rings is 1. The number of aromatic amines is 1. The zero-order valence-corrected chi connectivity index (χ0v) is 20.0. The van der Waals surface area contributed by atoms with Crippen LogP contribution < -0.4 is 10.6 Å². The van der Waals surface area contributed by atoms with Crippen molar-refractivity contribution >= 4 is 22.8 Å². The highest BCUT2D eigenvalue weighted by molar-refractivity contribution is 6.00. The molecule has 1 fully saturated rings. The number of hydrogen-bond donors (Lipinski definition) is 3. The van der Waals surface area contributed by atoms with Crippen molar-refractivity contribution in [2.75, 3.05) is 5.32 Å². The Morgan fingerprint density at radius 3 is 2.74 bits per heavy atom. The maximum absolute atomic E-state index is 15.0. The summed E-state index contributed by atoms with van der Waals surface area (Å²) < 4.78 is 20.2. The van der Waals surface area contributed by atoms with E-state index < -0.39 is 11.7 Å². The third-order valence-electron chi connectivity index (χ3n) is 6.23. The molecule has 0 radical (unpaired) electrons. The fraction of sp³-hybridized carbons (Fsp3) is 0.400.